The number of aliphatic hydroxyl groups excluding tert-OH is 2. The molecule has 1 aliphatic heterocycles. The number of ether oxygens (including phenoxy) is 2. The van der Waals surface area contributed by atoms with E-state index in [4.69, 9.17) is 19.7 Å². The molecule has 1 aliphatic rings. The summed E-state index contributed by atoms with van der Waals surface area (Å²) >= 11 is 0. The molecule has 0 bridgehead atoms. The van der Waals surface area contributed by atoms with Crippen LogP contribution in [0.2, 0.25) is 0 Å². The lowest BCUT2D eigenvalue weighted by Crippen LogP contribution is -2.22. The number of nitrogens with one attached hydrogen (secondary N) is 1. The van der Waals surface area contributed by atoms with Crippen LogP contribution in [0.25, 0.3) is 0 Å². The second-order valence-electron chi connectivity index (χ2n) is 3.29. The first-order valence-corrected chi connectivity index (χ1v) is 4.72. The van der Waals surface area contributed by atoms with Gasteiger partial charge in [-0.05, 0) is 12.1 Å². The molecule has 0 saturated carbocycles. The van der Waals surface area contributed by atoms with E-state index in [0.717, 1.165) is 11.4 Å². The van der Waals surface area contributed by atoms with E-state index in [2.05, 4.69) is 5.32 Å². The molecule has 82 valence electrons. The van der Waals surface area contributed by atoms with Crippen LogP contribution in [0.3, 0.4) is 0 Å². The molecule has 1 aromatic rings. The van der Waals surface area contributed by atoms with Crippen molar-refractivity contribution in [3.8, 4) is 11.5 Å². The van der Waals surface area contributed by atoms with Gasteiger partial charge in [0, 0.05) is 18.3 Å². The molecule has 5 heteroatoms. The molecular formula is C10H13NO4. The van der Waals surface area contributed by atoms with Crippen LogP contribution in [0.15, 0.2) is 18.2 Å². The normalized spacial score (nSPS) is 15.1. The first-order valence-electron chi connectivity index (χ1n) is 4.72. The second kappa shape index (κ2) is 4.37. The number of anilines is 1. The average Bonchev–Trinajstić information content (AvgIpc) is 2.72. The molecule has 0 amide bonds. The van der Waals surface area contributed by atoms with Crippen LogP contribution >= 0.6 is 0 Å². The van der Waals surface area contributed by atoms with E-state index in [1.54, 1.807) is 12.1 Å². The van der Waals surface area contributed by atoms with Crippen molar-refractivity contribution in [2.75, 3.05) is 25.3 Å². The molecule has 0 radical (unpaired) electrons. The largest absolute Gasteiger partial charge is 0.454 e. The molecule has 0 aliphatic carbocycles. The third kappa shape index (κ3) is 2.31. The van der Waals surface area contributed by atoms with Gasteiger partial charge in [-0.3, -0.25) is 0 Å². The third-order valence-electron chi connectivity index (χ3n) is 2.13. The summed E-state index contributed by atoms with van der Waals surface area (Å²) in [5.74, 6) is 1.42. The lowest BCUT2D eigenvalue weighted by atomic mass is 10.2. The maximum absolute atomic E-state index is 9.14. The zero-order valence-electron chi connectivity index (χ0n) is 8.14. The van der Waals surface area contributed by atoms with Gasteiger partial charge in [0.2, 0.25) is 6.79 Å². The van der Waals surface area contributed by atoms with Crippen molar-refractivity contribution >= 4 is 5.69 Å². The Labute approximate surface area is 87.3 Å². The molecule has 0 unspecified atom stereocenters. The highest BCUT2D eigenvalue weighted by molar-refractivity contribution is 5.55. The first kappa shape index (κ1) is 10.1. The number of rotatable bonds is 4. The Morgan fingerprint density at radius 1 is 1.33 bits per heavy atom. The molecule has 0 saturated heterocycles. The van der Waals surface area contributed by atoms with Gasteiger partial charge in [-0.25, -0.2) is 0 Å². The molecule has 3 N–H and O–H groups in total. The summed E-state index contributed by atoms with van der Waals surface area (Å²) in [5.41, 5.74) is 0.826. The summed E-state index contributed by atoms with van der Waals surface area (Å²) < 4.78 is 10.4. The molecule has 0 spiro atoms. The van der Waals surface area contributed by atoms with Gasteiger partial charge < -0.3 is 25.0 Å². The van der Waals surface area contributed by atoms with Crippen molar-refractivity contribution in [1.29, 1.82) is 0 Å². The molecule has 1 heterocycles. The van der Waals surface area contributed by atoms with E-state index >= 15 is 0 Å². The van der Waals surface area contributed by atoms with E-state index in [1.807, 2.05) is 6.07 Å². The quantitative estimate of drug-likeness (QED) is 0.662. The van der Waals surface area contributed by atoms with Crippen LogP contribution in [0, 0.1) is 0 Å². The van der Waals surface area contributed by atoms with E-state index in [1.165, 1.54) is 0 Å². The van der Waals surface area contributed by atoms with Gasteiger partial charge in [-0.15, -0.1) is 0 Å². The van der Waals surface area contributed by atoms with Gasteiger partial charge in [0.25, 0.3) is 0 Å². The van der Waals surface area contributed by atoms with E-state index in [9.17, 15) is 0 Å². The van der Waals surface area contributed by atoms with Gasteiger partial charge in [0.15, 0.2) is 11.5 Å². The van der Waals surface area contributed by atoms with Gasteiger partial charge in [0.05, 0.1) is 12.7 Å². The minimum Gasteiger partial charge on any atom is -0.454 e. The Morgan fingerprint density at radius 2 is 2.13 bits per heavy atom. The standard InChI is InChI=1S/C10H13NO4/c12-5-8(13)4-11-7-1-2-9-10(3-7)15-6-14-9/h1-3,8,11-13H,4-6H2/t8-/m0/s1. The van der Waals surface area contributed by atoms with Crippen LogP contribution in [0.4, 0.5) is 5.69 Å². The van der Waals surface area contributed by atoms with Gasteiger partial charge >= 0.3 is 0 Å². The van der Waals surface area contributed by atoms with Crippen molar-refractivity contribution in [2.24, 2.45) is 0 Å². The Bertz CT molecular complexity index is 342. The fourth-order valence-corrected chi connectivity index (χ4v) is 1.31. The van der Waals surface area contributed by atoms with E-state index in [-0.39, 0.29) is 13.4 Å². The third-order valence-corrected chi connectivity index (χ3v) is 2.13. The molecule has 0 aromatic heterocycles. The zero-order chi connectivity index (χ0) is 10.7. The Balaban J connectivity index is 1.98. The fourth-order valence-electron chi connectivity index (χ4n) is 1.31. The van der Waals surface area contributed by atoms with Crippen LogP contribution in [-0.2, 0) is 0 Å². The average molecular weight is 211 g/mol. The van der Waals surface area contributed by atoms with Gasteiger partial charge in [-0.2, -0.15) is 0 Å². The van der Waals surface area contributed by atoms with Crippen LogP contribution in [0.5, 0.6) is 11.5 Å². The van der Waals surface area contributed by atoms with Crippen molar-refractivity contribution in [3.63, 3.8) is 0 Å². The maximum Gasteiger partial charge on any atom is 0.231 e. The summed E-state index contributed by atoms with van der Waals surface area (Å²) in [5, 5.41) is 20.8. The summed E-state index contributed by atoms with van der Waals surface area (Å²) in [6, 6.07) is 5.43. The number of fused-ring (bicyclic) bond motifs is 1. The molecular weight excluding hydrogens is 198 g/mol. The number of aliphatic hydroxyl groups is 2. The number of hydrogen-bond acceptors (Lipinski definition) is 5. The van der Waals surface area contributed by atoms with Crippen molar-refractivity contribution in [3.05, 3.63) is 18.2 Å². The Kier molecular flexibility index (Phi) is 2.94. The SMILES string of the molecule is OC[C@@H](O)CNc1ccc2c(c1)OCO2. The maximum atomic E-state index is 9.14. The first-order chi connectivity index (χ1) is 7.29. The highest BCUT2D eigenvalue weighted by atomic mass is 16.7. The fraction of sp³-hybridized carbons (Fsp3) is 0.400. The molecule has 15 heavy (non-hydrogen) atoms. The monoisotopic (exact) mass is 211 g/mol. The summed E-state index contributed by atoms with van der Waals surface area (Å²) in [4.78, 5) is 0. The minimum absolute atomic E-state index is 0.248. The van der Waals surface area contributed by atoms with Crippen molar-refractivity contribution < 1.29 is 19.7 Å². The van der Waals surface area contributed by atoms with Crippen LogP contribution in [0.1, 0.15) is 0 Å². The number of benzene rings is 1. The van der Waals surface area contributed by atoms with Crippen molar-refractivity contribution in [1.82, 2.24) is 0 Å². The van der Waals surface area contributed by atoms with Crippen LogP contribution in [-0.4, -0.2) is 36.3 Å². The summed E-state index contributed by atoms with van der Waals surface area (Å²) in [6.07, 6.45) is -0.754. The molecule has 5 nitrogen and oxygen atoms in total. The van der Waals surface area contributed by atoms with Crippen LogP contribution < -0.4 is 14.8 Å². The molecule has 0 fully saturated rings. The molecule has 1 aromatic carbocycles. The predicted molar refractivity (Wildman–Crippen MR) is 54.1 cm³/mol. The Hall–Kier alpha value is -1.46. The Morgan fingerprint density at radius 3 is 2.93 bits per heavy atom. The highest BCUT2D eigenvalue weighted by Crippen LogP contribution is 2.34. The predicted octanol–water partition coefficient (Wildman–Crippen LogP) is 0.180. The lowest BCUT2D eigenvalue weighted by Gasteiger charge is -2.10. The van der Waals surface area contributed by atoms with Gasteiger partial charge in [0.1, 0.15) is 0 Å². The van der Waals surface area contributed by atoms with E-state index in [0.29, 0.717) is 12.3 Å². The summed E-state index contributed by atoms with van der Waals surface area (Å²) in [7, 11) is 0. The smallest absolute Gasteiger partial charge is 0.231 e. The topological polar surface area (TPSA) is 71.0 Å². The van der Waals surface area contributed by atoms with Gasteiger partial charge in [-0.1, -0.05) is 0 Å². The number of hydrogen-bond donors (Lipinski definition) is 3. The van der Waals surface area contributed by atoms with Crippen molar-refractivity contribution in [2.45, 2.75) is 6.10 Å². The zero-order valence-corrected chi connectivity index (χ0v) is 8.14. The van der Waals surface area contributed by atoms with E-state index < -0.39 is 6.10 Å². The minimum atomic E-state index is -0.754. The lowest BCUT2D eigenvalue weighted by molar-refractivity contribution is 0.105. The highest BCUT2D eigenvalue weighted by Gasteiger charge is 2.13. The molecule has 1 atom stereocenters. The second-order valence-corrected chi connectivity index (χ2v) is 3.29. The summed E-state index contributed by atoms with van der Waals surface area (Å²) in [6.45, 7) is 0.297. The molecule has 2 rings (SSSR count).